The van der Waals surface area contributed by atoms with Crippen LogP contribution in [0.4, 0.5) is 0 Å². The molecule has 0 spiro atoms. The van der Waals surface area contributed by atoms with Crippen molar-refractivity contribution in [3.05, 3.63) is 35.4 Å². The van der Waals surface area contributed by atoms with Crippen LogP contribution in [0.2, 0.25) is 0 Å². The largest absolute Gasteiger partial charge is 0.480 e. The maximum Gasteiger partial charge on any atom is 0.326 e. The Bertz CT molecular complexity index is 523. The molecule has 1 amide bonds. The van der Waals surface area contributed by atoms with Crippen LogP contribution in [0.3, 0.4) is 0 Å². The molecular formula is C17H23NO3. The van der Waals surface area contributed by atoms with Gasteiger partial charge in [0.25, 0.3) is 0 Å². The fraction of sp³-hybridized carbons (Fsp3) is 0.529. The summed E-state index contributed by atoms with van der Waals surface area (Å²) >= 11 is 0. The molecule has 1 aromatic rings. The Kier molecular flexibility index (Phi) is 4.99. The quantitative estimate of drug-likeness (QED) is 0.906. The highest BCUT2D eigenvalue weighted by molar-refractivity contribution is 5.84. The monoisotopic (exact) mass is 289 g/mol. The third-order valence-corrected chi connectivity index (χ3v) is 4.47. The smallest absolute Gasteiger partial charge is 0.326 e. The molecular weight excluding hydrogens is 266 g/mol. The lowest BCUT2D eigenvalue weighted by Gasteiger charge is -2.35. The minimum Gasteiger partial charge on any atom is -0.480 e. The number of carbonyl (C=O) groups is 2. The summed E-state index contributed by atoms with van der Waals surface area (Å²) in [5.41, 5.74) is 2.10. The van der Waals surface area contributed by atoms with E-state index in [9.17, 15) is 14.7 Å². The summed E-state index contributed by atoms with van der Waals surface area (Å²) < 4.78 is 0. The van der Waals surface area contributed by atoms with Gasteiger partial charge in [-0.05, 0) is 17.0 Å². The number of hydrogen-bond acceptors (Lipinski definition) is 2. The van der Waals surface area contributed by atoms with Crippen molar-refractivity contribution in [1.29, 1.82) is 0 Å². The van der Waals surface area contributed by atoms with Gasteiger partial charge in [-0.15, -0.1) is 0 Å². The van der Waals surface area contributed by atoms with Crippen molar-refractivity contribution in [2.75, 3.05) is 0 Å². The molecule has 0 fully saturated rings. The molecule has 1 heterocycles. The minimum absolute atomic E-state index is 0.0365. The molecule has 4 nitrogen and oxygen atoms in total. The van der Waals surface area contributed by atoms with Gasteiger partial charge in [0, 0.05) is 19.4 Å². The Morgan fingerprint density at radius 1 is 1.24 bits per heavy atom. The van der Waals surface area contributed by atoms with Crippen LogP contribution in [0, 0.1) is 5.92 Å². The number of aliphatic carboxylic acids is 1. The lowest BCUT2D eigenvalue weighted by molar-refractivity contribution is -0.151. The highest BCUT2D eigenvalue weighted by atomic mass is 16.4. The molecule has 1 N–H and O–H groups in total. The zero-order valence-corrected chi connectivity index (χ0v) is 12.7. The maximum absolute atomic E-state index is 12.5. The van der Waals surface area contributed by atoms with Gasteiger partial charge >= 0.3 is 5.97 Å². The number of carboxylic acid groups (broad SMARTS) is 1. The van der Waals surface area contributed by atoms with E-state index in [1.165, 1.54) is 0 Å². The first-order valence-corrected chi connectivity index (χ1v) is 7.65. The molecule has 21 heavy (non-hydrogen) atoms. The van der Waals surface area contributed by atoms with E-state index in [0.717, 1.165) is 24.0 Å². The summed E-state index contributed by atoms with van der Waals surface area (Å²) in [5, 5.41) is 9.44. The summed E-state index contributed by atoms with van der Waals surface area (Å²) in [4.78, 5) is 25.6. The molecule has 0 aromatic heterocycles. The van der Waals surface area contributed by atoms with E-state index in [0.29, 0.717) is 25.3 Å². The number of rotatable bonds is 5. The Balaban J connectivity index is 2.20. The number of benzene rings is 1. The Hall–Kier alpha value is -1.84. The van der Waals surface area contributed by atoms with Gasteiger partial charge in [0.05, 0.1) is 0 Å². The predicted molar refractivity (Wildman–Crippen MR) is 80.8 cm³/mol. The summed E-state index contributed by atoms with van der Waals surface area (Å²) in [7, 11) is 0. The summed E-state index contributed by atoms with van der Waals surface area (Å²) in [6.45, 7) is 4.55. The first kappa shape index (κ1) is 15.5. The number of amides is 1. The van der Waals surface area contributed by atoms with Crippen molar-refractivity contribution in [3.8, 4) is 0 Å². The van der Waals surface area contributed by atoms with E-state index in [1.807, 2.05) is 24.3 Å². The van der Waals surface area contributed by atoms with Crippen LogP contribution in [0.15, 0.2) is 24.3 Å². The fourth-order valence-corrected chi connectivity index (χ4v) is 2.95. The van der Waals surface area contributed by atoms with Gasteiger partial charge in [0.15, 0.2) is 0 Å². The fourth-order valence-electron chi connectivity index (χ4n) is 2.95. The molecule has 1 aromatic carbocycles. The van der Waals surface area contributed by atoms with Gasteiger partial charge in [-0.3, -0.25) is 4.79 Å². The maximum atomic E-state index is 12.5. The number of hydrogen-bond donors (Lipinski definition) is 1. The van der Waals surface area contributed by atoms with E-state index in [2.05, 4.69) is 13.8 Å². The Morgan fingerprint density at radius 2 is 1.86 bits per heavy atom. The molecule has 0 bridgehead atoms. The average Bonchev–Trinajstić information content (AvgIpc) is 2.50. The molecule has 2 rings (SSSR count). The Labute approximate surface area is 125 Å². The lowest BCUT2D eigenvalue weighted by atomic mass is 9.92. The highest BCUT2D eigenvalue weighted by Crippen LogP contribution is 2.25. The first-order chi connectivity index (χ1) is 10.1. The van der Waals surface area contributed by atoms with Crippen LogP contribution in [-0.2, 0) is 22.6 Å². The van der Waals surface area contributed by atoms with Gasteiger partial charge in [0.1, 0.15) is 6.04 Å². The molecule has 1 aliphatic heterocycles. The number of fused-ring (bicyclic) bond motifs is 1. The molecule has 0 saturated heterocycles. The van der Waals surface area contributed by atoms with E-state index < -0.39 is 12.0 Å². The molecule has 1 atom stereocenters. The van der Waals surface area contributed by atoms with Gasteiger partial charge in [0.2, 0.25) is 5.91 Å². The molecule has 1 unspecified atom stereocenters. The van der Waals surface area contributed by atoms with E-state index in [1.54, 1.807) is 4.90 Å². The van der Waals surface area contributed by atoms with Crippen molar-refractivity contribution in [1.82, 2.24) is 4.90 Å². The minimum atomic E-state index is -0.914. The average molecular weight is 289 g/mol. The van der Waals surface area contributed by atoms with E-state index >= 15 is 0 Å². The third kappa shape index (κ3) is 3.43. The SMILES string of the molecule is CCC(CC)CC(=O)N1Cc2ccccc2CC1C(=O)O. The standard InChI is InChI=1S/C17H23NO3/c1-3-12(4-2)9-16(19)18-11-14-8-6-5-7-13(14)10-15(18)17(20)21/h5-8,12,15H,3-4,9-11H2,1-2H3,(H,20,21). The molecule has 0 radical (unpaired) electrons. The van der Waals surface area contributed by atoms with Gasteiger partial charge in [-0.25, -0.2) is 4.79 Å². The normalized spacial score (nSPS) is 17.7. The van der Waals surface area contributed by atoms with E-state index in [4.69, 9.17) is 0 Å². The molecule has 1 aliphatic rings. The summed E-state index contributed by atoms with van der Waals surface area (Å²) in [6, 6.07) is 7.04. The molecule has 4 heteroatoms. The van der Waals surface area contributed by atoms with Crippen molar-refractivity contribution < 1.29 is 14.7 Å². The zero-order chi connectivity index (χ0) is 15.4. The number of carboxylic acids is 1. The Morgan fingerprint density at radius 3 is 2.43 bits per heavy atom. The highest BCUT2D eigenvalue weighted by Gasteiger charge is 2.34. The van der Waals surface area contributed by atoms with Gasteiger partial charge in [-0.2, -0.15) is 0 Å². The zero-order valence-electron chi connectivity index (χ0n) is 12.7. The van der Waals surface area contributed by atoms with Crippen molar-refractivity contribution in [3.63, 3.8) is 0 Å². The van der Waals surface area contributed by atoms with Crippen molar-refractivity contribution in [2.24, 2.45) is 5.92 Å². The molecule has 0 aliphatic carbocycles. The summed E-state index contributed by atoms with van der Waals surface area (Å²) in [5.74, 6) is -0.614. The van der Waals surface area contributed by atoms with Crippen LogP contribution in [-0.4, -0.2) is 27.9 Å². The van der Waals surface area contributed by atoms with E-state index in [-0.39, 0.29) is 5.91 Å². The van der Waals surface area contributed by atoms with Crippen LogP contribution in [0.5, 0.6) is 0 Å². The second kappa shape index (κ2) is 6.74. The lowest BCUT2D eigenvalue weighted by Crippen LogP contribution is -2.49. The second-order valence-electron chi connectivity index (χ2n) is 5.74. The van der Waals surface area contributed by atoms with Crippen molar-refractivity contribution >= 4 is 11.9 Å². The van der Waals surface area contributed by atoms with Crippen LogP contribution in [0.1, 0.15) is 44.2 Å². The first-order valence-electron chi connectivity index (χ1n) is 7.65. The van der Waals surface area contributed by atoms with Gasteiger partial charge < -0.3 is 10.0 Å². The predicted octanol–water partition coefficient (Wildman–Crippen LogP) is 2.85. The van der Waals surface area contributed by atoms with Crippen LogP contribution < -0.4 is 0 Å². The molecule has 0 saturated carbocycles. The summed E-state index contributed by atoms with van der Waals surface area (Å²) in [6.07, 6.45) is 2.74. The van der Waals surface area contributed by atoms with Gasteiger partial charge in [-0.1, -0.05) is 51.0 Å². The number of nitrogens with zero attached hydrogens (tertiary/aromatic N) is 1. The topological polar surface area (TPSA) is 57.6 Å². The third-order valence-electron chi connectivity index (χ3n) is 4.47. The van der Waals surface area contributed by atoms with Crippen molar-refractivity contribution in [2.45, 2.75) is 52.1 Å². The van der Waals surface area contributed by atoms with Crippen LogP contribution >= 0.6 is 0 Å². The second-order valence-corrected chi connectivity index (χ2v) is 5.74. The molecule has 114 valence electrons. The van der Waals surface area contributed by atoms with Crippen LogP contribution in [0.25, 0.3) is 0 Å². The number of carbonyl (C=O) groups excluding carboxylic acids is 1.